The van der Waals surface area contributed by atoms with Crippen LogP contribution < -0.4 is 15.0 Å². The molecule has 0 saturated carbocycles. The number of hydrogen-bond acceptors (Lipinski definition) is 5. The molecule has 1 fully saturated rings. The van der Waals surface area contributed by atoms with Gasteiger partial charge in [0.2, 0.25) is 5.69 Å². The van der Waals surface area contributed by atoms with Gasteiger partial charge in [-0.3, -0.25) is 9.32 Å². The molecule has 2 aromatic rings. The number of carbonyl (C=O) groups is 1. The molecule has 0 radical (unpaired) electrons. The molecule has 1 N–H and O–H groups in total. The maximum absolute atomic E-state index is 12.6. The molecule has 116 valence electrons. The second-order valence-electron chi connectivity index (χ2n) is 4.77. The maximum atomic E-state index is 12.6. The third-order valence-electron chi connectivity index (χ3n) is 3.48. The number of ether oxygens (including phenoxy) is 1. The van der Waals surface area contributed by atoms with Crippen molar-refractivity contribution < 1.29 is 18.7 Å². The van der Waals surface area contributed by atoms with Crippen LogP contribution in [0.15, 0.2) is 33.6 Å². The molecule has 1 aliphatic heterocycles. The van der Waals surface area contributed by atoms with Crippen LogP contribution in [0.1, 0.15) is 10.5 Å². The molecule has 22 heavy (non-hydrogen) atoms. The number of aromatic nitrogens is 2. The lowest BCUT2D eigenvalue weighted by Gasteiger charge is -2.24. The average Bonchev–Trinajstić information content (AvgIpc) is 2.96. The van der Waals surface area contributed by atoms with Crippen LogP contribution in [0, 0.1) is 0 Å². The normalized spacial score (nSPS) is 14.9. The number of methoxy groups -OCH3 is 1. The highest BCUT2D eigenvalue weighted by Gasteiger charge is 2.34. The highest BCUT2D eigenvalue weighted by molar-refractivity contribution is 7.99. The number of benzene rings is 1. The summed E-state index contributed by atoms with van der Waals surface area (Å²) in [6, 6.07) is 6.99. The lowest BCUT2D eigenvalue weighted by atomic mass is 10.3. The number of carbonyl (C=O) groups excluding carboxylic acids is 1. The fourth-order valence-corrected chi connectivity index (χ4v) is 3.19. The van der Waals surface area contributed by atoms with Crippen molar-refractivity contribution in [2.24, 2.45) is 0 Å². The SMILES string of the molecule is COc1ccc(-[n+]2[nH]oc(=O)c2C(=O)N2CCSCC2)cc1. The molecule has 1 aliphatic rings. The molecule has 0 spiro atoms. The van der Waals surface area contributed by atoms with Crippen molar-refractivity contribution in [1.82, 2.24) is 10.2 Å². The van der Waals surface area contributed by atoms with Gasteiger partial charge in [-0.05, 0) is 22.1 Å². The highest BCUT2D eigenvalue weighted by atomic mass is 32.2. The molecule has 2 heterocycles. The van der Waals surface area contributed by atoms with Crippen LogP contribution in [0.4, 0.5) is 0 Å². The van der Waals surface area contributed by atoms with E-state index < -0.39 is 5.63 Å². The second-order valence-corrected chi connectivity index (χ2v) is 5.99. The van der Waals surface area contributed by atoms with E-state index in [2.05, 4.69) is 5.27 Å². The van der Waals surface area contributed by atoms with Crippen molar-refractivity contribution in [1.29, 1.82) is 0 Å². The fourth-order valence-electron chi connectivity index (χ4n) is 2.28. The van der Waals surface area contributed by atoms with Gasteiger partial charge in [0, 0.05) is 36.7 Å². The Hall–Kier alpha value is -2.22. The van der Waals surface area contributed by atoms with E-state index in [-0.39, 0.29) is 11.6 Å². The average molecular weight is 322 g/mol. The summed E-state index contributed by atoms with van der Waals surface area (Å²) in [4.78, 5) is 26.2. The van der Waals surface area contributed by atoms with Gasteiger partial charge < -0.3 is 9.64 Å². The Balaban J connectivity index is 1.96. The molecular formula is C14H16N3O4S+. The number of hydrogen-bond donors (Lipinski definition) is 1. The monoisotopic (exact) mass is 322 g/mol. The summed E-state index contributed by atoms with van der Waals surface area (Å²) < 4.78 is 11.3. The van der Waals surface area contributed by atoms with Crippen LogP contribution in [0.25, 0.3) is 5.69 Å². The van der Waals surface area contributed by atoms with E-state index in [0.29, 0.717) is 24.5 Å². The Morgan fingerprint density at radius 1 is 1.32 bits per heavy atom. The third-order valence-corrected chi connectivity index (χ3v) is 4.42. The molecule has 0 aliphatic carbocycles. The summed E-state index contributed by atoms with van der Waals surface area (Å²) >= 11 is 1.80. The quantitative estimate of drug-likeness (QED) is 0.830. The minimum atomic E-state index is -0.668. The van der Waals surface area contributed by atoms with Crippen LogP contribution in [0.3, 0.4) is 0 Å². The minimum absolute atomic E-state index is 0.0166. The zero-order valence-corrected chi connectivity index (χ0v) is 12.9. The zero-order valence-electron chi connectivity index (χ0n) is 12.1. The molecule has 1 aromatic heterocycles. The topological polar surface area (TPSA) is 79.4 Å². The number of H-pyrrole nitrogens is 1. The highest BCUT2D eigenvalue weighted by Crippen LogP contribution is 2.13. The zero-order chi connectivity index (χ0) is 15.5. The van der Waals surface area contributed by atoms with Gasteiger partial charge in [0.15, 0.2) is 0 Å². The predicted octanol–water partition coefficient (Wildman–Crippen LogP) is 0.442. The van der Waals surface area contributed by atoms with Gasteiger partial charge in [-0.15, -0.1) is 0 Å². The van der Waals surface area contributed by atoms with Crippen molar-refractivity contribution in [2.45, 2.75) is 0 Å². The van der Waals surface area contributed by atoms with Gasteiger partial charge in [-0.1, -0.05) is 0 Å². The summed E-state index contributed by atoms with van der Waals surface area (Å²) in [6.07, 6.45) is 0. The van der Waals surface area contributed by atoms with Crippen molar-refractivity contribution in [2.75, 3.05) is 31.7 Å². The van der Waals surface area contributed by atoms with E-state index in [1.54, 1.807) is 48.0 Å². The largest absolute Gasteiger partial charge is 0.497 e. The lowest BCUT2D eigenvalue weighted by molar-refractivity contribution is -0.672. The van der Waals surface area contributed by atoms with Crippen LogP contribution in [-0.4, -0.2) is 47.8 Å². The Morgan fingerprint density at radius 3 is 2.64 bits per heavy atom. The number of nitrogens with one attached hydrogen (secondary N) is 1. The second kappa shape index (κ2) is 6.27. The third kappa shape index (κ3) is 2.74. The molecule has 1 saturated heterocycles. The van der Waals surface area contributed by atoms with Gasteiger partial charge in [-0.25, -0.2) is 4.79 Å². The molecule has 0 unspecified atom stereocenters. The van der Waals surface area contributed by atoms with Gasteiger partial charge >= 0.3 is 17.2 Å². The van der Waals surface area contributed by atoms with Crippen LogP contribution in [-0.2, 0) is 0 Å². The number of amides is 1. The van der Waals surface area contributed by atoms with Crippen molar-refractivity contribution >= 4 is 17.7 Å². The molecule has 1 amide bonds. The van der Waals surface area contributed by atoms with E-state index in [9.17, 15) is 9.59 Å². The Bertz CT molecular complexity index is 716. The van der Waals surface area contributed by atoms with Gasteiger partial charge in [0.05, 0.1) is 7.11 Å². The summed E-state index contributed by atoms with van der Waals surface area (Å²) in [6.45, 7) is 1.27. The molecule has 3 rings (SSSR count). The number of rotatable bonds is 3. The maximum Gasteiger partial charge on any atom is 0.441 e. The minimum Gasteiger partial charge on any atom is -0.497 e. The standard InChI is InChI=1S/C14H15N3O4S/c1-20-11-4-2-10(3-5-11)17-12(14(19)21-15-17)13(18)16-6-8-22-9-7-16/h2-5H,6-9H2,1H3/p+1. The first kappa shape index (κ1) is 14.7. The van der Waals surface area contributed by atoms with E-state index in [0.717, 1.165) is 11.5 Å². The first-order valence-corrected chi connectivity index (χ1v) is 8.01. The van der Waals surface area contributed by atoms with E-state index in [4.69, 9.17) is 9.26 Å². The Kier molecular flexibility index (Phi) is 4.19. The van der Waals surface area contributed by atoms with E-state index in [1.807, 2.05) is 0 Å². The molecule has 8 heteroatoms. The number of thioether (sulfide) groups is 1. The smallest absolute Gasteiger partial charge is 0.441 e. The molecule has 1 aromatic carbocycles. The van der Waals surface area contributed by atoms with Gasteiger partial charge in [0.25, 0.3) is 0 Å². The van der Waals surface area contributed by atoms with E-state index >= 15 is 0 Å². The summed E-state index contributed by atoms with van der Waals surface area (Å²) in [7, 11) is 1.57. The summed E-state index contributed by atoms with van der Waals surface area (Å²) in [5.74, 6) is 2.14. The van der Waals surface area contributed by atoms with Crippen LogP contribution in [0.5, 0.6) is 5.75 Å². The van der Waals surface area contributed by atoms with Crippen molar-refractivity contribution in [3.05, 3.63) is 40.4 Å². The first-order chi connectivity index (χ1) is 10.7. The van der Waals surface area contributed by atoms with Gasteiger partial charge in [-0.2, -0.15) is 11.8 Å². The van der Waals surface area contributed by atoms with Crippen LogP contribution >= 0.6 is 11.8 Å². The first-order valence-electron chi connectivity index (χ1n) is 6.85. The Morgan fingerprint density at radius 2 is 2.00 bits per heavy atom. The molecular weight excluding hydrogens is 306 g/mol. The summed E-state index contributed by atoms with van der Waals surface area (Å²) in [5, 5.41) is 2.48. The molecule has 0 bridgehead atoms. The van der Waals surface area contributed by atoms with Gasteiger partial charge in [0.1, 0.15) is 5.75 Å². The van der Waals surface area contributed by atoms with Crippen LogP contribution in [0.2, 0.25) is 0 Å². The number of aromatic amines is 1. The predicted molar refractivity (Wildman–Crippen MR) is 80.6 cm³/mol. The van der Waals surface area contributed by atoms with Crippen molar-refractivity contribution in [3.8, 4) is 11.4 Å². The van der Waals surface area contributed by atoms with E-state index in [1.165, 1.54) is 4.68 Å². The van der Waals surface area contributed by atoms with Crippen molar-refractivity contribution in [3.63, 3.8) is 0 Å². The number of nitrogens with zero attached hydrogens (tertiary/aromatic N) is 2. The lowest BCUT2D eigenvalue weighted by Crippen LogP contribution is -2.48. The fraction of sp³-hybridized carbons (Fsp3) is 0.357. The molecule has 0 atom stereocenters. The Labute approximate surface area is 130 Å². The molecule has 7 nitrogen and oxygen atoms in total. The summed E-state index contributed by atoms with van der Waals surface area (Å²) in [5.41, 5.74) is -0.0579.